The maximum absolute atomic E-state index is 11.5. The average molecular weight is 293 g/mol. The Labute approximate surface area is 127 Å². The molecule has 6 heteroatoms. The predicted molar refractivity (Wildman–Crippen MR) is 83.4 cm³/mol. The minimum Gasteiger partial charge on any atom is -0.327 e. The molecule has 0 amide bonds. The number of pyridine rings is 2. The molecule has 0 unspecified atom stereocenters. The highest BCUT2D eigenvalue weighted by Gasteiger charge is 2.07. The van der Waals surface area contributed by atoms with Crippen molar-refractivity contribution in [1.82, 2.24) is 19.3 Å². The fourth-order valence-electron chi connectivity index (χ4n) is 2.35. The van der Waals surface area contributed by atoms with Gasteiger partial charge < -0.3 is 14.3 Å². The molecule has 0 fully saturated rings. The van der Waals surface area contributed by atoms with Crippen LogP contribution >= 0.6 is 0 Å². The van der Waals surface area contributed by atoms with Crippen LogP contribution in [0.25, 0.3) is 16.8 Å². The number of hydrogen-bond acceptors (Lipinski definition) is 4. The number of hydrogen-bond donors (Lipinski definition) is 1. The third kappa shape index (κ3) is 2.62. The van der Waals surface area contributed by atoms with Crippen LogP contribution < -0.4 is 5.56 Å². The lowest BCUT2D eigenvalue weighted by Crippen LogP contribution is -2.10. The zero-order valence-corrected chi connectivity index (χ0v) is 12.4. The topological polar surface area (TPSA) is 77.2 Å². The number of imidazole rings is 1. The van der Waals surface area contributed by atoms with Crippen LogP contribution in [0, 0.1) is 11.3 Å². The van der Waals surface area contributed by atoms with E-state index in [2.05, 4.69) is 14.9 Å². The largest absolute Gasteiger partial charge is 0.327 e. The molecular formula is C16H15N5O. The summed E-state index contributed by atoms with van der Waals surface area (Å²) in [5.74, 6) is 0. The van der Waals surface area contributed by atoms with E-state index < -0.39 is 0 Å². The summed E-state index contributed by atoms with van der Waals surface area (Å²) in [6.07, 6.45) is 5.54. The monoisotopic (exact) mass is 293 g/mol. The van der Waals surface area contributed by atoms with Gasteiger partial charge in [0.25, 0.3) is 5.56 Å². The van der Waals surface area contributed by atoms with Crippen LogP contribution in [0.3, 0.4) is 0 Å². The van der Waals surface area contributed by atoms with Crippen molar-refractivity contribution in [2.45, 2.75) is 6.54 Å². The van der Waals surface area contributed by atoms with Crippen molar-refractivity contribution in [2.24, 2.45) is 0 Å². The number of aromatic amines is 1. The quantitative estimate of drug-likeness (QED) is 0.796. The summed E-state index contributed by atoms with van der Waals surface area (Å²) in [5.41, 5.74) is 3.29. The molecule has 0 aliphatic carbocycles. The highest BCUT2D eigenvalue weighted by molar-refractivity contribution is 5.65. The number of nitriles is 1. The van der Waals surface area contributed by atoms with Gasteiger partial charge >= 0.3 is 0 Å². The summed E-state index contributed by atoms with van der Waals surface area (Å²) in [7, 11) is 4.00. The molecule has 0 aliphatic rings. The molecule has 0 spiro atoms. The fourth-order valence-corrected chi connectivity index (χ4v) is 2.35. The molecule has 0 radical (unpaired) electrons. The van der Waals surface area contributed by atoms with Crippen molar-refractivity contribution in [3.05, 3.63) is 58.4 Å². The molecule has 0 saturated heterocycles. The SMILES string of the molecule is CN(C)Cc1cn2cc(-c3c[nH]c(=O)c(C#N)c3)ccc2n1. The van der Waals surface area contributed by atoms with Gasteiger partial charge in [-0.3, -0.25) is 4.79 Å². The Bertz CT molecular complexity index is 930. The number of nitrogens with zero attached hydrogens (tertiary/aromatic N) is 4. The van der Waals surface area contributed by atoms with E-state index in [1.54, 1.807) is 12.3 Å². The van der Waals surface area contributed by atoms with Crippen molar-refractivity contribution in [3.63, 3.8) is 0 Å². The Kier molecular flexibility index (Phi) is 3.49. The van der Waals surface area contributed by atoms with Gasteiger partial charge in [0, 0.05) is 30.7 Å². The molecule has 3 aromatic rings. The Morgan fingerprint density at radius 3 is 2.86 bits per heavy atom. The van der Waals surface area contributed by atoms with Gasteiger partial charge in [-0.05, 0) is 37.9 Å². The first-order valence-electron chi connectivity index (χ1n) is 6.82. The smallest absolute Gasteiger partial charge is 0.265 e. The molecular weight excluding hydrogens is 278 g/mol. The molecule has 3 aromatic heterocycles. The third-order valence-corrected chi connectivity index (χ3v) is 3.34. The number of nitrogens with one attached hydrogen (secondary N) is 1. The molecule has 1 N–H and O–H groups in total. The van der Waals surface area contributed by atoms with Crippen LogP contribution in [0.2, 0.25) is 0 Å². The zero-order valence-electron chi connectivity index (χ0n) is 12.4. The maximum atomic E-state index is 11.5. The summed E-state index contributed by atoms with van der Waals surface area (Å²) in [5, 5.41) is 8.96. The molecule has 0 bridgehead atoms. The second-order valence-electron chi connectivity index (χ2n) is 5.40. The summed E-state index contributed by atoms with van der Waals surface area (Å²) >= 11 is 0. The molecule has 0 saturated carbocycles. The summed E-state index contributed by atoms with van der Waals surface area (Å²) in [6.45, 7) is 0.772. The molecule has 6 nitrogen and oxygen atoms in total. The number of aromatic nitrogens is 3. The molecule has 0 atom stereocenters. The van der Waals surface area contributed by atoms with Crippen molar-refractivity contribution in [1.29, 1.82) is 5.26 Å². The van der Waals surface area contributed by atoms with E-state index in [0.29, 0.717) is 0 Å². The highest BCUT2D eigenvalue weighted by atomic mass is 16.1. The first-order valence-corrected chi connectivity index (χ1v) is 6.82. The lowest BCUT2D eigenvalue weighted by Gasteiger charge is -2.04. The molecule has 110 valence electrons. The van der Waals surface area contributed by atoms with E-state index in [0.717, 1.165) is 29.0 Å². The average Bonchev–Trinajstić information content (AvgIpc) is 2.88. The van der Waals surface area contributed by atoms with Crippen molar-refractivity contribution in [2.75, 3.05) is 14.1 Å². The number of H-pyrrole nitrogens is 1. The van der Waals surface area contributed by atoms with E-state index in [-0.39, 0.29) is 11.1 Å². The zero-order chi connectivity index (χ0) is 15.7. The lowest BCUT2D eigenvalue weighted by atomic mass is 10.1. The van der Waals surface area contributed by atoms with Crippen LogP contribution in [-0.4, -0.2) is 33.4 Å². The van der Waals surface area contributed by atoms with Crippen LogP contribution in [0.15, 0.2) is 41.6 Å². The van der Waals surface area contributed by atoms with Crippen LogP contribution in [0.1, 0.15) is 11.3 Å². The van der Waals surface area contributed by atoms with E-state index in [1.165, 1.54) is 0 Å². The first kappa shape index (κ1) is 14.0. The molecule has 3 heterocycles. The summed E-state index contributed by atoms with van der Waals surface area (Å²) < 4.78 is 1.95. The Morgan fingerprint density at radius 2 is 2.14 bits per heavy atom. The van der Waals surface area contributed by atoms with E-state index >= 15 is 0 Å². The Hall–Kier alpha value is -2.91. The second kappa shape index (κ2) is 5.47. The minimum atomic E-state index is -0.372. The molecule has 0 aromatic carbocycles. The van der Waals surface area contributed by atoms with Crippen LogP contribution in [0.5, 0.6) is 0 Å². The van der Waals surface area contributed by atoms with Crippen molar-refractivity contribution in [3.8, 4) is 17.2 Å². The van der Waals surface area contributed by atoms with Gasteiger partial charge in [0.15, 0.2) is 0 Å². The minimum absolute atomic E-state index is 0.108. The van der Waals surface area contributed by atoms with Gasteiger partial charge in [-0.25, -0.2) is 4.98 Å². The number of rotatable bonds is 3. The van der Waals surface area contributed by atoms with Gasteiger partial charge in [-0.2, -0.15) is 5.26 Å². The first-order chi connectivity index (χ1) is 10.6. The Balaban J connectivity index is 2.05. The molecule has 22 heavy (non-hydrogen) atoms. The van der Waals surface area contributed by atoms with Gasteiger partial charge in [-0.15, -0.1) is 0 Å². The summed E-state index contributed by atoms with van der Waals surface area (Å²) in [4.78, 5) is 20.6. The molecule has 0 aliphatic heterocycles. The van der Waals surface area contributed by atoms with Crippen molar-refractivity contribution >= 4 is 5.65 Å². The van der Waals surface area contributed by atoms with E-state index in [9.17, 15) is 4.79 Å². The Morgan fingerprint density at radius 1 is 1.32 bits per heavy atom. The number of fused-ring (bicyclic) bond motifs is 1. The second-order valence-corrected chi connectivity index (χ2v) is 5.40. The van der Waals surface area contributed by atoms with Gasteiger partial charge in [-0.1, -0.05) is 0 Å². The van der Waals surface area contributed by atoms with Crippen molar-refractivity contribution < 1.29 is 0 Å². The van der Waals surface area contributed by atoms with Gasteiger partial charge in [0.1, 0.15) is 17.3 Å². The standard InChI is InChI=1S/C16H15N5O/c1-20(2)9-14-10-21-8-11(3-4-15(21)19-14)13-5-12(6-17)16(22)18-7-13/h3-5,7-8,10H,9H2,1-2H3,(H,18,22). The predicted octanol–water partition coefficient (Wildman–Crippen LogP) is 1.62. The highest BCUT2D eigenvalue weighted by Crippen LogP contribution is 2.19. The van der Waals surface area contributed by atoms with Gasteiger partial charge in [0.2, 0.25) is 0 Å². The summed E-state index contributed by atoms with van der Waals surface area (Å²) in [6, 6.07) is 7.34. The van der Waals surface area contributed by atoms with E-state index in [1.807, 2.05) is 49.1 Å². The lowest BCUT2D eigenvalue weighted by molar-refractivity contribution is 0.398. The van der Waals surface area contributed by atoms with Crippen LogP contribution in [-0.2, 0) is 6.54 Å². The maximum Gasteiger partial charge on any atom is 0.265 e. The van der Waals surface area contributed by atoms with Gasteiger partial charge in [0.05, 0.1) is 5.69 Å². The van der Waals surface area contributed by atoms with E-state index in [4.69, 9.17) is 5.26 Å². The fraction of sp³-hybridized carbons (Fsp3) is 0.188. The molecule has 3 rings (SSSR count). The third-order valence-electron chi connectivity index (χ3n) is 3.34. The normalized spacial score (nSPS) is 11.0. The van der Waals surface area contributed by atoms with Crippen LogP contribution in [0.4, 0.5) is 0 Å².